The minimum absolute atomic E-state index is 0.0496. The molecule has 0 saturated carbocycles. The van der Waals surface area contributed by atoms with Crippen molar-refractivity contribution in [3.05, 3.63) is 24.0 Å². The van der Waals surface area contributed by atoms with E-state index in [0.717, 1.165) is 32.1 Å². The van der Waals surface area contributed by atoms with E-state index in [9.17, 15) is 23.4 Å². The number of anilines is 2. The number of hydrogen-bond acceptors (Lipinski definition) is 10. The van der Waals surface area contributed by atoms with E-state index in [0.29, 0.717) is 51.1 Å². The number of hydrogen-bond donors (Lipinski definition) is 2. The number of halogens is 3. The summed E-state index contributed by atoms with van der Waals surface area (Å²) in [5, 5.41) is 29.9. The molecule has 3 unspecified atom stereocenters. The topological polar surface area (TPSA) is 123 Å². The van der Waals surface area contributed by atoms with Crippen LogP contribution in [-0.4, -0.2) is 98.6 Å². The van der Waals surface area contributed by atoms with Crippen molar-refractivity contribution in [3.63, 3.8) is 0 Å². The number of morpholine rings is 2. The standard InChI is InChI=1S/C27H34F3N7O5/c1-16-13-40-11-9-34(16)19-12-21(36-17-5-6-18(36)15-41-14-17)31-25-23(19)24(26(38,39)27(28,29)30)33-37(25)20-7-8-35(32-20)22-4-2-3-10-42-22/h7-8,12,16-18,22,38-39H,2-6,9-11,13-15H2,1H3/t16-,17?,18?,22?/m1/s1. The van der Waals surface area contributed by atoms with Gasteiger partial charge in [0.2, 0.25) is 0 Å². The molecular weight excluding hydrogens is 559 g/mol. The van der Waals surface area contributed by atoms with Crippen LogP contribution in [0.5, 0.6) is 0 Å². The molecule has 2 N–H and O–H groups in total. The van der Waals surface area contributed by atoms with Gasteiger partial charge in [-0.1, -0.05) is 0 Å². The van der Waals surface area contributed by atoms with Crippen molar-refractivity contribution in [1.82, 2.24) is 24.5 Å². The molecular formula is C27H34F3N7O5. The van der Waals surface area contributed by atoms with Gasteiger partial charge < -0.3 is 34.2 Å². The van der Waals surface area contributed by atoms with Crippen LogP contribution in [-0.2, 0) is 20.0 Å². The minimum atomic E-state index is -5.43. The van der Waals surface area contributed by atoms with Crippen LogP contribution in [0.15, 0.2) is 18.3 Å². The van der Waals surface area contributed by atoms with E-state index in [1.807, 2.05) is 11.8 Å². The van der Waals surface area contributed by atoms with Gasteiger partial charge in [0.25, 0.3) is 0 Å². The van der Waals surface area contributed by atoms with E-state index in [-0.39, 0.29) is 41.2 Å². The SMILES string of the molecule is C[C@@H]1COCCN1c1cc(N2C3CCC2COC3)nc2c1c(C(O)(O)C(F)(F)F)nn2-c1ccn(C2CCCCO2)n1. The molecule has 228 valence electrons. The van der Waals surface area contributed by atoms with Gasteiger partial charge in [-0.05, 0) is 39.0 Å². The van der Waals surface area contributed by atoms with Crippen LogP contribution in [0.4, 0.5) is 24.7 Å². The van der Waals surface area contributed by atoms with Crippen molar-refractivity contribution < 1.29 is 37.6 Å². The van der Waals surface area contributed by atoms with Crippen LogP contribution >= 0.6 is 0 Å². The van der Waals surface area contributed by atoms with E-state index in [2.05, 4.69) is 15.1 Å². The zero-order chi connectivity index (χ0) is 29.2. The molecule has 2 bridgehead atoms. The monoisotopic (exact) mass is 593 g/mol. The molecule has 4 atom stereocenters. The fourth-order valence-corrected chi connectivity index (χ4v) is 6.60. The normalized spacial score (nSPS) is 27.3. The summed E-state index contributed by atoms with van der Waals surface area (Å²) in [5.74, 6) is -3.48. The second-order valence-electron chi connectivity index (χ2n) is 11.6. The predicted molar refractivity (Wildman–Crippen MR) is 143 cm³/mol. The quantitative estimate of drug-likeness (QED) is 0.427. The highest BCUT2D eigenvalue weighted by molar-refractivity contribution is 5.95. The predicted octanol–water partition coefficient (Wildman–Crippen LogP) is 2.61. The molecule has 0 amide bonds. The lowest BCUT2D eigenvalue weighted by atomic mass is 10.1. The Labute approximate surface area is 239 Å². The van der Waals surface area contributed by atoms with Crippen LogP contribution in [0.2, 0.25) is 0 Å². The second kappa shape index (κ2) is 10.3. The molecule has 7 heterocycles. The fraction of sp³-hybridized carbons (Fsp3) is 0.667. The van der Waals surface area contributed by atoms with Gasteiger partial charge in [0.15, 0.2) is 11.5 Å². The smallest absolute Gasteiger partial charge is 0.377 e. The van der Waals surface area contributed by atoms with E-state index in [4.69, 9.17) is 19.2 Å². The van der Waals surface area contributed by atoms with Crippen LogP contribution < -0.4 is 9.80 Å². The zero-order valence-corrected chi connectivity index (χ0v) is 23.2. The third-order valence-corrected chi connectivity index (χ3v) is 8.77. The number of pyridine rings is 1. The summed E-state index contributed by atoms with van der Waals surface area (Å²) in [6.45, 7) is 4.68. The molecule has 0 radical (unpaired) electrons. The summed E-state index contributed by atoms with van der Waals surface area (Å²) in [7, 11) is 0. The number of ether oxygens (including phenoxy) is 3. The first kappa shape index (κ1) is 27.8. The molecule has 12 nitrogen and oxygen atoms in total. The zero-order valence-electron chi connectivity index (χ0n) is 23.2. The van der Waals surface area contributed by atoms with Crippen molar-refractivity contribution in [1.29, 1.82) is 0 Å². The maximum absolute atomic E-state index is 14.2. The average Bonchev–Trinajstić information content (AvgIpc) is 3.67. The van der Waals surface area contributed by atoms with Gasteiger partial charge in [-0.25, -0.2) is 9.67 Å². The Kier molecular flexibility index (Phi) is 6.85. The summed E-state index contributed by atoms with van der Waals surface area (Å²) in [5.41, 5.74) is -0.524. The lowest BCUT2D eigenvalue weighted by Crippen LogP contribution is -2.47. The number of aromatic nitrogens is 5. The second-order valence-corrected chi connectivity index (χ2v) is 11.6. The highest BCUT2D eigenvalue weighted by Crippen LogP contribution is 2.45. The maximum Gasteiger partial charge on any atom is 0.449 e. The Morgan fingerprint density at radius 3 is 2.43 bits per heavy atom. The summed E-state index contributed by atoms with van der Waals surface area (Å²) in [6.07, 6.45) is 0.431. The molecule has 4 aliphatic rings. The Morgan fingerprint density at radius 1 is 0.952 bits per heavy atom. The molecule has 0 aromatic carbocycles. The molecule has 3 aromatic heterocycles. The van der Waals surface area contributed by atoms with Crippen molar-refractivity contribution in [2.45, 2.75) is 75.3 Å². The Balaban J connectivity index is 1.46. The van der Waals surface area contributed by atoms with E-state index >= 15 is 0 Å². The fourth-order valence-electron chi connectivity index (χ4n) is 6.60. The largest absolute Gasteiger partial charge is 0.449 e. The molecule has 15 heteroatoms. The molecule has 7 rings (SSSR count). The first-order valence-corrected chi connectivity index (χ1v) is 14.5. The van der Waals surface area contributed by atoms with Crippen molar-refractivity contribution >= 4 is 22.5 Å². The Hall–Kier alpha value is -2.98. The molecule has 4 saturated heterocycles. The lowest BCUT2D eigenvalue weighted by Gasteiger charge is -2.38. The molecule has 42 heavy (non-hydrogen) atoms. The summed E-state index contributed by atoms with van der Waals surface area (Å²) >= 11 is 0. The average molecular weight is 594 g/mol. The third-order valence-electron chi connectivity index (χ3n) is 8.77. The van der Waals surface area contributed by atoms with E-state index in [1.54, 1.807) is 23.0 Å². The molecule has 4 aliphatic heterocycles. The van der Waals surface area contributed by atoms with Crippen LogP contribution in [0.3, 0.4) is 0 Å². The molecule has 0 spiro atoms. The number of fused-ring (bicyclic) bond motifs is 3. The van der Waals surface area contributed by atoms with Gasteiger partial charge in [-0.2, -0.15) is 28.1 Å². The van der Waals surface area contributed by atoms with Crippen molar-refractivity contribution in [2.75, 3.05) is 49.4 Å². The summed E-state index contributed by atoms with van der Waals surface area (Å²) in [4.78, 5) is 8.98. The first-order chi connectivity index (χ1) is 20.1. The van der Waals surface area contributed by atoms with Gasteiger partial charge >= 0.3 is 12.0 Å². The maximum atomic E-state index is 14.2. The summed E-state index contributed by atoms with van der Waals surface area (Å²) in [6, 6.07) is 3.31. The van der Waals surface area contributed by atoms with Gasteiger partial charge in [0.1, 0.15) is 17.7 Å². The lowest BCUT2D eigenvalue weighted by molar-refractivity contribution is -0.359. The Morgan fingerprint density at radius 2 is 1.74 bits per heavy atom. The highest BCUT2D eigenvalue weighted by atomic mass is 19.4. The van der Waals surface area contributed by atoms with E-state index in [1.165, 1.54) is 4.68 Å². The number of aliphatic hydroxyl groups is 2. The van der Waals surface area contributed by atoms with Crippen molar-refractivity contribution in [2.24, 2.45) is 0 Å². The first-order valence-electron chi connectivity index (χ1n) is 14.5. The molecule has 0 aliphatic carbocycles. The van der Waals surface area contributed by atoms with Gasteiger partial charge in [0.05, 0.1) is 49.6 Å². The minimum Gasteiger partial charge on any atom is -0.377 e. The van der Waals surface area contributed by atoms with Gasteiger partial charge in [0, 0.05) is 37.5 Å². The van der Waals surface area contributed by atoms with E-state index < -0.39 is 17.7 Å². The number of alkyl halides is 3. The van der Waals surface area contributed by atoms with Crippen LogP contribution in [0, 0.1) is 0 Å². The number of rotatable bonds is 5. The number of nitrogens with zero attached hydrogens (tertiary/aromatic N) is 7. The van der Waals surface area contributed by atoms with Crippen LogP contribution in [0.1, 0.15) is 50.9 Å². The Bertz CT molecular complexity index is 1440. The summed E-state index contributed by atoms with van der Waals surface area (Å²) < 4.78 is 62.5. The van der Waals surface area contributed by atoms with Gasteiger partial charge in [-0.15, -0.1) is 0 Å². The molecule has 3 aromatic rings. The third kappa shape index (κ3) is 4.53. The van der Waals surface area contributed by atoms with Gasteiger partial charge in [-0.3, -0.25) is 0 Å². The molecule has 4 fully saturated rings. The van der Waals surface area contributed by atoms with Crippen molar-refractivity contribution in [3.8, 4) is 5.82 Å². The van der Waals surface area contributed by atoms with Crippen LogP contribution in [0.25, 0.3) is 16.9 Å². The highest BCUT2D eigenvalue weighted by Gasteiger charge is 2.58.